The topological polar surface area (TPSA) is 49.9 Å². The highest BCUT2D eigenvalue weighted by Gasteiger charge is 2.29. The van der Waals surface area contributed by atoms with Gasteiger partial charge in [-0.25, -0.2) is 4.79 Å². The zero-order valence-electron chi connectivity index (χ0n) is 15.7. The molecule has 0 unspecified atom stereocenters. The fourth-order valence-corrected chi connectivity index (χ4v) is 3.49. The highest BCUT2D eigenvalue weighted by atomic mass is 16.6. The van der Waals surface area contributed by atoms with E-state index >= 15 is 0 Å². The van der Waals surface area contributed by atoms with Crippen molar-refractivity contribution >= 4 is 12.0 Å². The Bertz CT molecular complexity index is 709. The van der Waals surface area contributed by atoms with Crippen LogP contribution in [0.25, 0.3) is 0 Å². The number of hydrogen-bond donors (Lipinski definition) is 0. The van der Waals surface area contributed by atoms with E-state index in [4.69, 9.17) is 4.74 Å². The molecule has 0 bridgehead atoms. The summed E-state index contributed by atoms with van der Waals surface area (Å²) in [6, 6.07) is 19.8. The van der Waals surface area contributed by atoms with Crippen LogP contribution in [0.3, 0.4) is 0 Å². The van der Waals surface area contributed by atoms with Gasteiger partial charge in [0.15, 0.2) is 0 Å². The standard InChI is InChI=1S/C22H26N2O3/c1-2-27-22(26)24-15-9-14-23(16-17-24)21(25)20(18-10-5-3-6-11-18)19-12-7-4-8-13-19/h3-8,10-13,20H,2,9,14-17H2,1H3. The van der Waals surface area contributed by atoms with Crippen molar-refractivity contribution in [3.05, 3.63) is 71.8 Å². The maximum Gasteiger partial charge on any atom is 0.409 e. The Labute approximate surface area is 160 Å². The molecule has 1 heterocycles. The van der Waals surface area contributed by atoms with E-state index in [-0.39, 0.29) is 17.9 Å². The average Bonchev–Trinajstić information content (AvgIpc) is 2.96. The smallest absolute Gasteiger partial charge is 0.409 e. The number of carbonyl (C=O) groups excluding carboxylic acids is 2. The molecule has 142 valence electrons. The van der Waals surface area contributed by atoms with Gasteiger partial charge in [0, 0.05) is 26.2 Å². The Kier molecular flexibility index (Phi) is 6.47. The second kappa shape index (κ2) is 9.21. The molecule has 0 atom stereocenters. The van der Waals surface area contributed by atoms with E-state index < -0.39 is 0 Å². The first-order valence-electron chi connectivity index (χ1n) is 9.51. The lowest BCUT2D eigenvalue weighted by Crippen LogP contribution is -2.39. The van der Waals surface area contributed by atoms with Gasteiger partial charge in [-0.15, -0.1) is 0 Å². The number of rotatable bonds is 4. The molecule has 0 spiro atoms. The Hall–Kier alpha value is -2.82. The van der Waals surface area contributed by atoms with Crippen molar-refractivity contribution < 1.29 is 14.3 Å². The first-order valence-corrected chi connectivity index (χ1v) is 9.51. The van der Waals surface area contributed by atoms with Crippen LogP contribution in [-0.2, 0) is 9.53 Å². The Balaban J connectivity index is 1.79. The van der Waals surface area contributed by atoms with Gasteiger partial charge >= 0.3 is 6.09 Å². The summed E-state index contributed by atoms with van der Waals surface area (Å²) in [6.45, 7) is 4.45. The lowest BCUT2D eigenvalue weighted by Gasteiger charge is -2.27. The molecule has 2 aromatic carbocycles. The number of benzene rings is 2. The third-order valence-electron chi connectivity index (χ3n) is 4.85. The largest absolute Gasteiger partial charge is 0.450 e. The second-order valence-corrected chi connectivity index (χ2v) is 6.62. The number of amides is 2. The second-order valence-electron chi connectivity index (χ2n) is 6.62. The number of hydrogen-bond acceptors (Lipinski definition) is 3. The zero-order valence-corrected chi connectivity index (χ0v) is 15.7. The first-order chi connectivity index (χ1) is 13.2. The van der Waals surface area contributed by atoms with E-state index in [1.165, 1.54) is 0 Å². The third kappa shape index (κ3) is 4.67. The van der Waals surface area contributed by atoms with Crippen LogP contribution in [0.2, 0.25) is 0 Å². The van der Waals surface area contributed by atoms with Crippen molar-refractivity contribution in [1.82, 2.24) is 9.80 Å². The van der Waals surface area contributed by atoms with Crippen LogP contribution in [0, 0.1) is 0 Å². The van der Waals surface area contributed by atoms with E-state index in [9.17, 15) is 9.59 Å². The van der Waals surface area contributed by atoms with Crippen LogP contribution in [0.4, 0.5) is 4.79 Å². The van der Waals surface area contributed by atoms with Gasteiger partial charge in [0.1, 0.15) is 0 Å². The molecule has 5 heteroatoms. The molecule has 1 saturated heterocycles. The molecule has 2 aromatic rings. The molecular weight excluding hydrogens is 340 g/mol. The van der Waals surface area contributed by atoms with Gasteiger partial charge in [-0.3, -0.25) is 4.79 Å². The van der Waals surface area contributed by atoms with Gasteiger partial charge < -0.3 is 14.5 Å². The molecule has 0 aromatic heterocycles. The van der Waals surface area contributed by atoms with Gasteiger partial charge in [0.25, 0.3) is 0 Å². The quantitative estimate of drug-likeness (QED) is 0.832. The predicted octanol–water partition coefficient (Wildman–Crippen LogP) is 3.51. The van der Waals surface area contributed by atoms with Crippen molar-refractivity contribution in [2.45, 2.75) is 19.3 Å². The van der Waals surface area contributed by atoms with Gasteiger partial charge in [0.2, 0.25) is 5.91 Å². The number of ether oxygens (including phenoxy) is 1. The summed E-state index contributed by atoms with van der Waals surface area (Å²) in [6.07, 6.45) is 0.454. The highest BCUT2D eigenvalue weighted by molar-refractivity contribution is 5.87. The van der Waals surface area contributed by atoms with Gasteiger partial charge in [-0.2, -0.15) is 0 Å². The fourth-order valence-electron chi connectivity index (χ4n) is 3.49. The summed E-state index contributed by atoms with van der Waals surface area (Å²) in [4.78, 5) is 29.0. The molecule has 2 amide bonds. The van der Waals surface area contributed by atoms with Gasteiger partial charge in [-0.05, 0) is 24.5 Å². The molecule has 1 aliphatic rings. The molecule has 0 N–H and O–H groups in total. The summed E-state index contributed by atoms with van der Waals surface area (Å²) in [5, 5.41) is 0. The van der Waals surface area contributed by atoms with Crippen LogP contribution in [-0.4, -0.2) is 54.6 Å². The minimum Gasteiger partial charge on any atom is -0.450 e. The minimum absolute atomic E-state index is 0.0816. The van der Waals surface area contributed by atoms with Gasteiger partial charge in [0.05, 0.1) is 12.5 Å². The van der Waals surface area contributed by atoms with Crippen LogP contribution < -0.4 is 0 Å². The van der Waals surface area contributed by atoms with E-state index in [1.54, 1.807) is 11.8 Å². The van der Waals surface area contributed by atoms with Crippen molar-refractivity contribution in [2.24, 2.45) is 0 Å². The van der Waals surface area contributed by atoms with E-state index in [0.717, 1.165) is 17.5 Å². The zero-order chi connectivity index (χ0) is 19.1. The monoisotopic (exact) mass is 366 g/mol. The molecule has 1 fully saturated rings. The maximum absolute atomic E-state index is 13.4. The average molecular weight is 366 g/mol. The maximum atomic E-state index is 13.4. The van der Waals surface area contributed by atoms with Gasteiger partial charge in [-0.1, -0.05) is 60.7 Å². The van der Waals surface area contributed by atoms with E-state index in [0.29, 0.717) is 32.8 Å². The summed E-state index contributed by atoms with van der Waals surface area (Å²) in [5.41, 5.74) is 1.97. The van der Waals surface area contributed by atoms with Crippen LogP contribution in [0.1, 0.15) is 30.4 Å². The SMILES string of the molecule is CCOC(=O)N1CCCN(C(=O)C(c2ccccc2)c2ccccc2)CC1. The van der Waals surface area contributed by atoms with E-state index in [2.05, 4.69) is 0 Å². The third-order valence-corrected chi connectivity index (χ3v) is 4.85. The minimum atomic E-state index is -0.332. The predicted molar refractivity (Wildman–Crippen MR) is 105 cm³/mol. The van der Waals surface area contributed by atoms with Crippen LogP contribution >= 0.6 is 0 Å². The lowest BCUT2D eigenvalue weighted by molar-refractivity contribution is -0.131. The molecule has 27 heavy (non-hydrogen) atoms. The molecule has 0 aliphatic carbocycles. The Morgan fingerprint density at radius 2 is 1.37 bits per heavy atom. The summed E-state index contributed by atoms with van der Waals surface area (Å²) in [7, 11) is 0. The lowest BCUT2D eigenvalue weighted by atomic mass is 9.90. The number of carbonyl (C=O) groups is 2. The van der Waals surface area contributed by atoms with Crippen LogP contribution in [0.15, 0.2) is 60.7 Å². The van der Waals surface area contributed by atoms with Crippen LogP contribution in [0.5, 0.6) is 0 Å². The summed E-state index contributed by atoms with van der Waals surface area (Å²) in [5.74, 6) is -0.250. The molecule has 0 radical (unpaired) electrons. The summed E-state index contributed by atoms with van der Waals surface area (Å²) >= 11 is 0. The van der Waals surface area contributed by atoms with Crippen molar-refractivity contribution in [2.75, 3.05) is 32.8 Å². The Morgan fingerprint density at radius 1 is 0.852 bits per heavy atom. The molecular formula is C22H26N2O3. The van der Waals surface area contributed by atoms with E-state index in [1.807, 2.05) is 65.6 Å². The molecule has 3 rings (SSSR count). The normalized spacial score (nSPS) is 14.7. The molecule has 1 aliphatic heterocycles. The molecule has 0 saturated carbocycles. The number of nitrogens with zero attached hydrogens (tertiary/aromatic N) is 2. The van der Waals surface area contributed by atoms with Crippen molar-refractivity contribution in [1.29, 1.82) is 0 Å². The fraction of sp³-hybridized carbons (Fsp3) is 0.364. The Morgan fingerprint density at radius 3 is 1.93 bits per heavy atom. The van der Waals surface area contributed by atoms with Crippen molar-refractivity contribution in [3.63, 3.8) is 0 Å². The summed E-state index contributed by atoms with van der Waals surface area (Å²) < 4.78 is 5.10. The van der Waals surface area contributed by atoms with Crippen molar-refractivity contribution in [3.8, 4) is 0 Å². The molecule has 5 nitrogen and oxygen atoms in total. The highest BCUT2D eigenvalue weighted by Crippen LogP contribution is 2.27. The first kappa shape index (κ1) is 19.0.